The zero-order valence-corrected chi connectivity index (χ0v) is 11.5. The lowest BCUT2D eigenvalue weighted by molar-refractivity contribution is -0.138. The van der Waals surface area contributed by atoms with Crippen LogP contribution in [0, 0.1) is 17.8 Å². The Labute approximate surface area is 110 Å². The van der Waals surface area contributed by atoms with Gasteiger partial charge in [-0.1, -0.05) is 12.2 Å². The molecule has 0 aromatic rings. The van der Waals surface area contributed by atoms with Gasteiger partial charge in [0.1, 0.15) is 0 Å². The fourth-order valence-electron chi connectivity index (χ4n) is 3.89. The first-order valence-corrected chi connectivity index (χ1v) is 7.28. The summed E-state index contributed by atoms with van der Waals surface area (Å²) < 4.78 is 0. The van der Waals surface area contributed by atoms with Crippen molar-refractivity contribution in [3.8, 4) is 0 Å². The summed E-state index contributed by atoms with van der Waals surface area (Å²) in [5.41, 5.74) is 0. The molecule has 0 N–H and O–H groups in total. The van der Waals surface area contributed by atoms with Crippen molar-refractivity contribution in [2.75, 3.05) is 27.2 Å². The molecular weight excluding hydrogens is 224 g/mol. The van der Waals surface area contributed by atoms with Gasteiger partial charge in [-0.2, -0.15) is 0 Å². The van der Waals surface area contributed by atoms with Gasteiger partial charge in [-0.15, -0.1) is 0 Å². The summed E-state index contributed by atoms with van der Waals surface area (Å²) in [6, 6.07) is 0.469. The average Bonchev–Trinajstić information content (AvgIpc) is 3.00. The van der Waals surface area contributed by atoms with Crippen LogP contribution >= 0.6 is 0 Å². The number of carbonyl (C=O) groups excluding carboxylic acids is 1. The summed E-state index contributed by atoms with van der Waals surface area (Å²) in [7, 11) is 4.19. The zero-order chi connectivity index (χ0) is 12.7. The molecule has 100 valence electrons. The molecule has 2 fully saturated rings. The van der Waals surface area contributed by atoms with Crippen molar-refractivity contribution in [2.45, 2.75) is 31.7 Å². The number of piperidine rings is 1. The maximum atomic E-state index is 12.6. The van der Waals surface area contributed by atoms with Gasteiger partial charge in [-0.25, -0.2) is 0 Å². The normalized spacial score (nSPS) is 36.2. The van der Waals surface area contributed by atoms with Gasteiger partial charge in [-0.05, 0) is 57.7 Å². The standard InChI is InChI=1S/C15H24N2O/c1-16-7-5-13(6-8-16)17(2)15(18)14-10-11-3-4-12(14)9-11/h3-4,11-14H,5-10H2,1-2H3. The third-order valence-corrected chi connectivity index (χ3v) is 5.18. The topological polar surface area (TPSA) is 23.6 Å². The fraction of sp³-hybridized carbons (Fsp3) is 0.800. The van der Waals surface area contributed by atoms with Crippen molar-refractivity contribution in [3.05, 3.63) is 12.2 Å². The van der Waals surface area contributed by atoms with E-state index in [1.54, 1.807) is 0 Å². The number of nitrogens with zero attached hydrogens (tertiary/aromatic N) is 2. The van der Waals surface area contributed by atoms with Gasteiger partial charge in [0.2, 0.25) is 5.91 Å². The number of hydrogen-bond donors (Lipinski definition) is 0. The molecule has 3 rings (SSSR count). The molecule has 2 aliphatic carbocycles. The number of allylic oxidation sites excluding steroid dienone is 2. The molecular formula is C15H24N2O. The Hall–Kier alpha value is -0.830. The first-order chi connectivity index (χ1) is 8.65. The molecule has 3 nitrogen and oxygen atoms in total. The Balaban J connectivity index is 1.60. The quantitative estimate of drug-likeness (QED) is 0.695. The second-order valence-corrected chi connectivity index (χ2v) is 6.37. The van der Waals surface area contributed by atoms with E-state index in [9.17, 15) is 4.79 Å². The molecule has 3 unspecified atom stereocenters. The lowest BCUT2D eigenvalue weighted by atomic mass is 9.91. The second kappa shape index (κ2) is 4.69. The van der Waals surface area contributed by atoms with E-state index in [0.717, 1.165) is 32.4 Å². The molecule has 0 aromatic heterocycles. The highest BCUT2D eigenvalue weighted by Crippen LogP contribution is 2.44. The number of amides is 1. The molecule has 18 heavy (non-hydrogen) atoms. The summed E-state index contributed by atoms with van der Waals surface area (Å²) in [5.74, 6) is 1.91. The van der Waals surface area contributed by atoms with Crippen LogP contribution in [0.25, 0.3) is 0 Å². The monoisotopic (exact) mass is 248 g/mol. The van der Waals surface area contributed by atoms with Crippen LogP contribution < -0.4 is 0 Å². The molecule has 3 atom stereocenters. The first-order valence-electron chi connectivity index (χ1n) is 7.28. The van der Waals surface area contributed by atoms with E-state index in [2.05, 4.69) is 29.0 Å². The van der Waals surface area contributed by atoms with Gasteiger partial charge in [0.15, 0.2) is 0 Å². The lowest BCUT2D eigenvalue weighted by Crippen LogP contribution is -2.47. The van der Waals surface area contributed by atoms with Crippen LogP contribution in [0.3, 0.4) is 0 Å². The van der Waals surface area contributed by atoms with E-state index >= 15 is 0 Å². The highest BCUT2D eigenvalue weighted by Gasteiger charge is 2.41. The third kappa shape index (κ3) is 2.09. The summed E-state index contributed by atoms with van der Waals surface area (Å²) in [6.07, 6.45) is 9.17. The highest BCUT2D eigenvalue weighted by atomic mass is 16.2. The summed E-state index contributed by atoms with van der Waals surface area (Å²) in [5, 5.41) is 0. The number of hydrogen-bond acceptors (Lipinski definition) is 2. The van der Waals surface area contributed by atoms with Gasteiger partial charge >= 0.3 is 0 Å². The van der Waals surface area contributed by atoms with Crippen LogP contribution in [0.5, 0.6) is 0 Å². The number of likely N-dealkylation sites (tertiary alicyclic amines) is 1. The Morgan fingerprint density at radius 2 is 1.94 bits per heavy atom. The van der Waals surface area contributed by atoms with Crippen molar-refractivity contribution in [1.82, 2.24) is 9.80 Å². The third-order valence-electron chi connectivity index (χ3n) is 5.18. The first kappa shape index (κ1) is 12.2. The van der Waals surface area contributed by atoms with Crippen LogP contribution in [-0.2, 0) is 4.79 Å². The lowest BCUT2D eigenvalue weighted by Gasteiger charge is -2.37. The summed E-state index contributed by atoms with van der Waals surface area (Å²) in [6.45, 7) is 2.25. The molecule has 3 heteroatoms. The van der Waals surface area contributed by atoms with Crippen molar-refractivity contribution in [3.63, 3.8) is 0 Å². The minimum absolute atomic E-state index is 0.282. The zero-order valence-electron chi connectivity index (χ0n) is 11.5. The van der Waals surface area contributed by atoms with E-state index in [1.807, 2.05) is 7.05 Å². The molecule has 1 saturated heterocycles. The Morgan fingerprint density at radius 3 is 2.50 bits per heavy atom. The van der Waals surface area contributed by atoms with Crippen LogP contribution in [0.2, 0.25) is 0 Å². The molecule has 0 spiro atoms. The van der Waals surface area contributed by atoms with Crippen molar-refractivity contribution in [1.29, 1.82) is 0 Å². The largest absolute Gasteiger partial charge is 0.342 e. The number of carbonyl (C=O) groups is 1. The van der Waals surface area contributed by atoms with E-state index in [0.29, 0.717) is 23.8 Å². The molecule has 2 bridgehead atoms. The maximum Gasteiger partial charge on any atom is 0.226 e. The molecule has 0 aromatic carbocycles. The number of fused-ring (bicyclic) bond motifs is 2. The average molecular weight is 248 g/mol. The summed E-state index contributed by atoms with van der Waals surface area (Å²) >= 11 is 0. The van der Waals surface area contributed by atoms with E-state index in [1.165, 1.54) is 6.42 Å². The minimum Gasteiger partial charge on any atom is -0.342 e. The maximum absolute atomic E-state index is 12.6. The molecule has 1 amide bonds. The Kier molecular flexibility index (Phi) is 3.18. The van der Waals surface area contributed by atoms with Crippen molar-refractivity contribution in [2.24, 2.45) is 17.8 Å². The molecule has 3 aliphatic rings. The van der Waals surface area contributed by atoms with Gasteiger partial charge < -0.3 is 9.80 Å². The van der Waals surface area contributed by atoms with Crippen LogP contribution in [-0.4, -0.2) is 48.9 Å². The van der Waals surface area contributed by atoms with Crippen LogP contribution in [0.1, 0.15) is 25.7 Å². The predicted molar refractivity (Wildman–Crippen MR) is 72.1 cm³/mol. The van der Waals surface area contributed by atoms with Gasteiger partial charge in [0.25, 0.3) is 0 Å². The minimum atomic E-state index is 0.282. The van der Waals surface area contributed by atoms with E-state index in [4.69, 9.17) is 0 Å². The van der Waals surface area contributed by atoms with Crippen molar-refractivity contribution >= 4 is 5.91 Å². The van der Waals surface area contributed by atoms with Crippen LogP contribution in [0.15, 0.2) is 12.2 Å². The molecule has 1 saturated carbocycles. The molecule has 1 aliphatic heterocycles. The van der Waals surface area contributed by atoms with Gasteiger partial charge in [0, 0.05) is 19.0 Å². The van der Waals surface area contributed by atoms with Crippen molar-refractivity contribution < 1.29 is 4.79 Å². The van der Waals surface area contributed by atoms with Gasteiger partial charge in [-0.3, -0.25) is 4.79 Å². The van der Waals surface area contributed by atoms with E-state index in [-0.39, 0.29) is 5.92 Å². The SMILES string of the molecule is CN1CCC(N(C)C(=O)C2CC3C=CC2C3)CC1. The van der Waals surface area contributed by atoms with Gasteiger partial charge in [0.05, 0.1) is 0 Å². The Bertz CT molecular complexity index is 358. The Morgan fingerprint density at radius 1 is 1.22 bits per heavy atom. The highest BCUT2D eigenvalue weighted by molar-refractivity contribution is 5.80. The smallest absolute Gasteiger partial charge is 0.226 e. The molecule has 0 radical (unpaired) electrons. The summed E-state index contributed by atoms with van der Waals surface area (Å²) in [4.78, 5) is 17.0. The second-order valence-electron chi connectivity index (χ2n) is 6.37. The fourth-order valence-corrected chi connectivity index (χ4v) is 3.89. The molecule has 1 heterocycles. The number of rotatable bonds is 2. The van der Waals surface area contributed by atoms with E-state index < -0.39 is 0 Å². The van der Waals surface area contributed by atoms with Crippen LogP contribution in [0.4, 0.5) is 0 Å². The predicted octanol–water partition coefficient (Wildman–Crippen LogP) is 1.75.